The first-order valence-corrected chi connectivity index (χ1v) is 7.20. The highest BCUT2D eigenvalue weighted by atomic mass is 19.1. The number of nitrogens with one attached hydrogen (secondary N) is 2. The van der Waals surface area contributed by atoms with Crippen molar-refractivity contribution in [2.75, 3.05) is 0 Å². The van der Waals surface area contributed by atoms with Crippen LogP contribution in [-0.4, -0.2) is 10.9 Å². The molecule has 22 heavy (non-hydrogen) atoms. The highest BCUT2D eigenvalue weighted by molar-refractivity contribution is 5.81. The van der Waals surface area contributed by atoms with E-state index in [1.807, 2.05) is 25.1 Å². The summed E-state index contributed by atoms with van der Waals surface area (Å²) in [7, 11) is 0. The molecule has 0 aliphatic rings. The van der Waals surface area contributed by atoms with Crippen LogP contribution in [0.1, 0.15) is 16.8 Å². The lowest BCUT2D eigenvalue weighted by atomic mass is 10.1. The van der Waals surface area contributed by atoms with Gasteiger partial charge in [0.15, 0.2) is 0 Å². The molecule has 0 fully saturated rings. The van der Waals surface area contributed by atoms with E-state index in [9.17, 15) is 9.18 Å². The molecule has 0 aliphatic carbocycles. The Morgan fingerprint density at radius 2 is 2.00 bits per heavy atom. The van der Waals surface area contributed by atoms with Gasteiger partial charge in [0.2, 0.25) is 5.91 Å². The summed E-state index contributed by atoms with van der Waals surface area (Å²) in [5, 5.41) is 3.95. The van der Waals surface area contributed by atoms with E-state index in [1.54, 1.807) is 18.2 Å². The SMILES string of the molecule is Cc1cc2cc(CNC(=O)Cc3ccccc3F)ccc2[nH]1. The highest BCUT2D eigenvalue weighted by Gasteiger charge is 2.07. The number of rotatable bonds is 4. The minimum atomic E-state index is -0.345. The molecule has 0 unspecified atom stereocenters. The largest absolute Gasteiger partial charge is 0.359 e. The summed E-state index contributed by atoms with van der Waals surface area (Å²) in [6.07, 6.45) is 0.0538. The Morgan fingerprint density at radius 1 is 1.18 bits per heavy atom. The highest BCUT2D eigenvalue weighted by Crippen LogP contribution is 2.16. The number of aromatic nitrogens is 1. The number of aryl methyl sites for hydroxylation is 1. The van der Waals surface area contributed by atoms with Crippen LogP contribution in [-0.2, 0) is 17.8 Å². The molecule has 3 aromatic rings. The molecule has 3 nitrogen and oxygen atoms in total. The Bertz CT molecular complexity index is 823. The van der Waals surface area contributed by atoms with E-state index in [1.165, 1.54) is 6.07 Å². The third-order valence-electron chi connectivity index (χ3n) is 3.62. The second-order valence-corrected chi connectivity index (χ2v) is 5.42. The van der Waals surface area contributed by atoms with E-state index >= 15 is 0 Å². The Morgan fingerprint density at radius 3 is 2.82 bits per heavy atom. The average molecular weight is 296 g/mol. The molecule has 2 N–H and O–H groups in total. The molecule has 0 radical (unpaired) electrons. The molecule has 1 heterocycles. The number of aromatic amines is 1. The van der Waals surface area contributed by atoms with Gasteiger partial charge in [-0.15, -0.1) is 0 Å². The van der Waals surface area contributed by atoms with Gasteiger partial charge >= 0.3 is 0 Å². The van der Waals surface area contributed by atoms with Crippen molar-refractivity contribution in [2.24, 2.45) is 0 Å². The lowest BCUT2D eigenvalue weighted by Gasteiger charge is -2.06. The zero-order chi connectivity index (χ0) is 15.5. The Balaban J connectivity index is 1.63. The summed E-state index contributed by atoms with van der Waals surface area (Å²) in [5.74, 6) is -0.530. The number of carbonyl (C=O) groups is 1. The van der Waals surface area contributed by atoms with Crippen LogP contribution in [0.5, 0.6) is 0 Å². The van der Waals surface area contributed by atoms with Crippen LogP contribution in [0, 0.1) is 12.7 Å². The van der Waals surface area contributed by atoms with Crippen molar-refractivity contribution in [1.82, 2.24) is 10.3 Å². The summed E-state index contributed by atoms with van der Waals surface area (Å²) in [6, 6.07) is 14.4. The number of hydrogen-bond donors (Lipinski definition) is 2. The molecule has 0 saturated carbocycles. The van der Waals surface area contributed by atoms with Gasteiger partial charge in [0, 0.05) is 17.8 Å². The fourth-order valence-corrected chi connectivity index (χ4v) is 2.52. The van der Waals surface area contributed by atoms with Crippen LogP contribution >= 0.6 is 0 Å². The molecule has 0 bridgehead atoms. The van der Waals surface area contributed by atoms with Gasteiger partial charge in [-0.05, 0) is 47.7 Å². The number of halogens is 1. The minimum absolute atomic E-state index is 0.0538. The van der Waals surface area contributed by atoms with Crippen LogP contribution in [0.3, 0.4) is 0 Å². The van der Waals surface area contributed by atoms with Crippen molar-refractivity contribution in [3.63, 3.8) is 0 Å². The lowest BCUT2D eigenvalue weighted by molar-refractivity contribution is -0.120. The summed E-state index contributed by atoms with van der Waals surface area (Å²) in [4.78, 5) is 15.2. The molecule has 0 atom stereocenters. The summed E-state index contributed by atoms with van der Waals surface area (Å²) < 4.78 is 13.5. The standard InChI is InChI=1S/C18H17FN2O/c1-12-8-15-9-13(6-7-17(15)21-12)11-20-18(22)10-14-4-2-3-5-16(14)19/h2-9,21H,10-11H2,1H3,(H,20,22). The fourth-order valence-electron chi connectivity index (χ4n) is 2.52. The maximum Gasteiger partial charge on any atom is 0.224 e. The van der Waals surface area contributed by atoms with Crippen LogP contribution in [0.2, 0.25) is 0 Å². The van der Waals surface area contributed by atoms with Gasteiger partial charge in [-0.25, -0.2) is 4.39 Å². The molecule has 0 saturated heterocycles. The van der Waals surface area contributed by atoms with Gasteiger partial charge in [-0.3, -0.25) is 4.79 Å². The Hall–Kier alpha value is -2.62. The van der Waals surface area contributed by atoms with Crippen molar-refractivity contribution < 1.29 is 9.18 Å². The molecule has 3 rings (SSSR count). The molecule has 0 spiro atoms. The fraction of sp³-hybridized carbons (Fsp3) is 0.167. The quantitative estimate of drug-likeness (QED) is 0.760. The van der Waals surface area contributed by atoms with Crippen LogP contribution in [0.25, 0.3) is 10.9 Å². The van der Waals surface area contributed by atoms with E-state index in [0.717, 1.165) is 22.2 Å². The maximum absolute atomic E-state index is 13.5. The van der Waals surface area contributed by atoms with E-state index in [0.29, 0.717) is 12.1 Å². The van der Waals surface area contributed by atoms with Gasteiger partial charge in [0.25, 0.3) is 0 Å². The first-order chi connectivity index (χ1) is 10.6. The number of fused-ring (bicyclic) bond motifs is 1. The van der Waals surface area contributed by atoms with Gasteiger partial charge in [-0.2, -0.15) is 0 Å². The number of hydrogen-bond acceptors (Lipinski definition) is 1. The van der Waals surface area contributed by atoms with Crippen LogP contribution < -0.4 is 5.32 Å². The van der Waals surface area contributed by atoms with Gasteiger partial charge in [0.1, 0.15) is 5.82 Å². The Kier molecular flexibility index (Phi) is 3.92. The van der Waals surface area contributed by atoms with Crippen LogP contribution in [0.4, 0.5) is 4.39 Å². The molecule has 4 heteroatoms. The van der Waals surface area contributed by atoms with Gasteiger partial charge < -0.3 is 10.3 Å². The predicted molar refractivity (Wildman–Crippen MR) is 85.0 cm³/mol. The van der Waals surface area contributed by atoms with E-state index in [4.69, 9.17) is 0 Å². The predicted octanol–water partition coefficient (Wildman–Crippen LogP) is 3.47. The number of benzene rings is 2. The van der Waals surface area contributed by atoms with E-state index in [2.05, 4.69) is 16.4 Å². The third kappa shape index (κ3) is 3.17. The topological polar surface area (TPSA) is 44.9 Å². The first kappa shape index (κ1) is 14.3. The average Bonchev–Trinajstić information content (AvgIpc) is 2.87. The van der Waals surface area contributed by atoms with Gasteiger partial charge in [-0.1, -0.05) is 24.3 Å². The lowest BCUT2D eigenvalue weighted by Crippen LogP contribution is -2.24. The molecular formula is C18H17FN2O. The molecule has 112 valence electrons. The second kappa shape index (κ2) is 6.02. The van der Waals surface area contributed by atoms with E-state index < -0.39 is 0 Å². The molecule has 2 aromatic carbocycles. The molecule has 1 amide bonds. The number of H-pyrrole nitrogens is 1. The molecule has 0 aliphatic heterocycles. The normalized spacial score (nSPS) is 10.8. The van der Waals surface area contributed by atoms with Crippen molar-refractivity contribution in [3.8, 4) is 0 Å². The number of amides is 1. The Labute approximate surface area is 128 Å². The van der Waals surface area contributed by atoms with E-state index in [-0.39, 0.29) is 18.1 Å². The molecule has 1 aromatic heterocycles. The third-order valence-corrected chi connectivity index (χ3v) is 3.62. The second-order valence-electron chi connectivity index (χ2n) is 5.42. The summed E-state index contributed by atoms with van der Waals surface area (Å²) in [5.41, 5.74) is 3.62. The van der Waals surface area contributed by atoms with Crippen LogP contribution in [0.15, 0.2) is 48.5 Å². The zero-order valence-electron chi connectivity index (χ0n) is 12.3. The van der Waals surface area contributed by atoms with Gasteiger partial charge in [0.05, 0.1) is 6.42 Å². The monoisotopic (exact) mass is 296 g/mol. The summed E-state index contributed by atoms with van der Waals surface area (Å²) in [6.45, 7) is 2.45. The van der Waals surface area contributed by atoms with Crippen molar-refractivity contribution in [2.45, 2.75) is 19.9 Å². The smallest absolute Gasteiger partial charge is 0.224 e. The minimum Gasteiger partial charge on any atom is -0.359 e. The molecular weight excluding hydrogens is 279 g/mol. The first-order valence-electron chi connectivity index (χ1n) is 7.20. The maximum atomic E-state index is 13.5. The van der Waals surface area contributed by atoms with Crippen molar-refractivity contribution in [3.05, 3.63) is 71.2 Å². The summed E-state index contributed by atoms with van der Waals surface area (Å²) >= 11 is 0. The van der Waals surface area contributed by atoms with Crippen molar-refractivity contribution >= 4 is 16.8 Å². The zero-order valence-corrected chi connectivity index (χ0v) is 12.3. The van der Waals surface area contributed by atoms with Crippen molar-refractivity contribution in [1.29, 1.82) is 0 Å². The number of carbonyl (C=O) groups excluding carboxylic acids is 1.